The van der Waals surface area contributed by atoms with E-state index in [0.717, 1.165) is 44.3 Å². The van der Waals surface area contributed by atoms with E-state index in [1.807, 2.05) is 18.2 Å². The molecule has 5 nitrogen and oxygen atoms in total. The van der Waals surface area contributed by atoms with Crippen LogP contribution in [0.15, 0.2) is 40.5 Å². The molecule has 0 spiro atoms. The van der Waals surface area contributed by atoms with Gasteiger partial charge in [0.2, 0.25) is 0 Å². The van der Waals surface area contributed by atoms with Crippen LogP contribution in [0, 0.1) is 5.41 Å². The highest BCUT2D eigenvalue weighted by Crippen LogP contribution is 2.20. The smallest absolute Gasteiger partial charge is 0.191 e. The highest BCUT2D eigenvalue weighted by Gasteiger charge is 2.17. The molecule has 2 N–H and O–H groups in total. The monoisotopic (exact) mass is 435 g/mol. The van der Waals surface area contributed by atoms with Crippen molar-refractivity contribution in [2.45, 2.75) is 26.7 Å². The second-order valence-electron chi connectivity index (χ2n) is 6.00. The van der Waals surface area contributed by atoms with Crippen LogP contribution in [0.4, 0.5) is 0 Å². The summed E-state index contributed by atoms with van der Waals surface area (Å²) in [6.07, 6.45) is 5.32. The van der Waals surface area contributed by atoms with Crippen LogP contribution in [0.5, 0.6) is 0 Å². The Labute approximate surface area is 157 Å². The molecule has 0 aromatic carbocycles. The van der Waals surface area contributed by atoms with Crippen LogP contribution in [0.2, 0.25) is 0 Å². The molecule has 0 aliphatic rings. The lowest BCUT2D eigenvalue weighted by molar-refractivity contribution is 0.155. The minimum absolute atomic E-state index is 0. The standard InChI is InChI=1S/C17H29N3O2.HI/c1-5-10-18-16(19-11-8-15-7-6-12-22-15)20-14-17(2,3)9-13-21-4;/h5-7,12H,1,8-11,13-14H2,2-4H3,(H2,18,19,20);1H. The summed E-state index contributed by atoms with van der Waals surface area (Å²) in [6.45, 7) is 11.1. The zero-order valence-corrected chi connectivity index (χ0v) is 16.8. The summed E-state index contributed by atoms with van der Waals surface area (Å²) >= 11 is 0. The van der Waals surface area contributed by atoms with Crippen LogP contribution in [0.1, 0.15) is 26.0 Å². The van der Waals surface area contributed by atoms with Crippen LogP contribution in [-0.4, -0.2) is 39.3 Å². The third-order valence-electron chi connectivity index (χ3n) is 3.31. The second kappa shape index (κ2) is 12.4. The number of rotatable bonds is 10. The van der Waals surface area contributed by atoms with E-state index >= 15 is 0 Å². The molecule has 132 valence electrons. The maximum Gasteiger partial charge on any atom is 0.191 e. The largest absolute Gasteiger partial charge is 0.469 e. The van der Waals surface area contributed by atoms with Gasteiger partial charge in [-0.1, -0.05) is 19.9 Å². The van der Waals surface area contributed by atoms with Crippen molar-refractivity contribution in [3.63, 3.8) is 0 Å². The van der Waals surface area contributed by atoms with Crippen molar-refractivity contribution < 1.29 is 9.15 Å². The molecule has 23 heavy (non-hydrogen) atoms. The predicted octanol–water partition coefficient (Wildman–Crippen LogP) is 3.22. The fraction of sp³-hybridized carbons (Fsp3) is 0.588. The summed E-state index contributed by atoms with van der Waals surface area (Å²) in [4.78, 5) is 4.67. The summed E-state index contributed by atoms with van der Waals surface area (Å²) in [7, 11) is 1.73. The summed E-state index contributed by atoms with van der Waals surface area (Å²) in [5.41, 5.74) is 0.111. The molecule has 0 radical (unpaired) electrons. The van der Waals surface area contributed by atoms with E-state index in [1.54, 1.807) is 13.4 Å². The Balaban J connectivity index is 0.00000484. The molecule has 0 saturated heterocycles. The summed E-state index contributed by atoms with van der Waals surface area (Å²) in [5.74, 6) is 1.77. The molecule has 0 bridgehead atoms. The minimum atomic E-state index is 0. The van der Waals surface area contributed by atoms with Crippen molar-refractivity contribution in [2.24, 2.45) is 10.4 Å². The van der Waals surface area contributed by atoms with E-state index < -0.39 is 0 Å². The average Bonchev–Trinajstić information content (AvgIpc) is 3.01. The molecule has 0 aliphatic carbocycles. The van der Waals surface area contributed by atoms with Crippen molar-refractivity contribution in [3.8, 4) is 0 Å². The topological polar surface area (TPSA) is 58.8 Å². The van der Waals surface area contributed by atoms with E-state index in [-0.39, 0.29) is 29.4 Å². The quantitative estimate of drug-likeness (QED) is 0.257. The number of methoxy groups -OCH3 is 1. The Morgan fingerprint density at radius 1 is 1.43 bits per heavy atom. The fourth-order valence-electron chi connectivity index (χ4n) is 1.85. The Morgan fingerprint density at radius 2 is 2.22 bits per heavy atom. The molecular formula is C17H30IN3O2. The normalized spacial score (nSPS) is 11.7. The first-order valence-corrected chi connectivity index (χ1v) is 7.72. The molecule has 1 heterocycles. The third-order valence-corrected chi connectivity index (χ3v) is 3.31. The second-order valence-corrected chi connectivity index (χ2v) is 6.00. The number of aliphatic imine (C=N–C) groups is 1. The summed E-state index contributed by atoms with van der Waals surface area (Å²) in [5, 5.41) is 6.56. The highest BCUT2D eigenvalue weighted by molar-refractivity contribution is 14.0. The van der Waals surface area contributed by atoms with Crippen molar-refractivity contribution >= 4 is 29.9 Å². The van der Waals surface area contributed by atoms with Gasteiger partial charge in [-0.05, 0) is 24.0 Å². The Morgan fingerprint density at radius 3 is 2.83 bits per heavy atom. The number of hydrogen-bond donors (Lipinski definition) is 2. The van der Waals surface area contributed by atoms with Gasteiger partial charge in [0.1, 0.15) is 5.76 Å². The molecule has 1 rings (SSSR count). The minimum Gasteiger partial charge on any atom is -0.469 e. The first kappa shape index (κ1) is 22.0. The molecule has 0 amide bonds. The molecule has 6 heteroatoms. The number of furan rings is 1. The van der Waals surface area contributed by atoms with Crippen molar-refractivity contribution in [3.05, 3.63) is 36.8 Å². The van der Waals surface area contributed by atoms with Crippen LogP contribution < -0.4 is 10.6 Å². The lowest BCUT2D eigenvalue weighted by Crippen LogP contribution is -2.39. The predicted molar refractivity (Wildman–Crippen MR) is 107 cm³/mol. The third kappa shape index (κ3) is 10.4. The number of hydrogen-bond acceptors (Lipinski definition) is 3. The van der Waals surface area contributed by atoms with Gasteiger partial charge in [0.05, 0.1) is 6.26 Å². The molecular weight excluding hydrogens is 405 g/mol. The molecule has 1 aromatic heterocycles. The van der Waals surface area contributed by atoms with Crippen LogP contribution in [0.3, 0.4) is 0 Å². The van der Waals surface area contributed by atoms with Crippen molar-refractivity contribution in [1.29, 1.82) is 0 Å². The number of halogens is 1. The van der Waals surface area contributed by atoms with Crippen molar-refractivity contribution in [1.82, 2.24) is 10.6 Å². The van der Waals surface area contributed by atoms with Gasteiger partial charge in [-0.25, -0.2) is 0 Å². The van der Waals surface area contributed by atoms with Crippen LogP contribution >= 0.6 is 24.0 Å². The Hall–Kier alpha value is -1.02. The molecule has 0 atom stereocenters. The lowest BCUT2D eigenvalue weighted by Gasteiger charge is -2.22. The molecule has 0 fully saturated rings. The van der Waals surface area contributed by atoms with Gasteiger partial charge in [0.25, 0.3) is 0 Å². The van der Waals surface area contributed by atoms with E-state index in [9.17, 15) is 0 Å². The van der Waals surface area contributed by atoms with Gasteiger partial charge in [-0.2, -0.15) is 0 Å². The van der Waals surface area contributed by atoms with Gasteiger partial charge < -0.3 is 19.8 Å². The first-order chi connectivity index (χ1) is 10.6. The SMILES string of the molecule is C=CCNC(=NCC(C)(C)CCOC)NCCc1ccco1.I. The van der Waals surface area contributed by atoms with Gasteiger partial charge in [0, 0.05) is 39.8 Å². The lowest BCUT2D eigenvalue weighted by atomic mass is 9.90. The van der Waals surface area contributed by atoms with Crippen LogP contribution in [-0.2, 0) is 11.2 Å². The number of nitrogens with zero attached hydrogens (tertiary/aromatic N) is 1. The highest BCUT2D eigenvalue weighted by atomic mass is 127. The van der Waals surface area contributed by atoms with Gasteiger partial charge in [0.15, 0.2) is 5.96 Å². The number of guanidine groups is 1. The summed E-state index contributed by atoms with van der Waals surface area (Å²) in [6, 6.07) is 3.88. The van der Waals surface area contributed by atoms with E-state index in [0.29, 0.717) is 6.54 Å². The molecule has 1 aromatic rings. The maximum atomic E-state index is 5.32. The number of nitrogens with one attached hydrogen (secondary N) is 2. The van der Waals surface area contributed by atoms with Gasteiger partial charge >= 0.3 is 0 Å². The van der Waals surface area contributed by atoms with E-state index in [1.165, 1.54) is 0 Å². The summed E-state index contributed by atoms with van der Waals surface area (Å²) < 4.78 is 10.5. The Bertz CT molecular complexity index is 445. The fourth-order valence-corrected chi connectivity index (χ4v) is 1.85. The van der Waals surface area contributed by atoms with Gasteiger partial charge in [-0.3, -0.25) is 4.99 Å². The average molecular weight is 435 g/mol. The van der Waals surface area contributed by atoms with Crippen molar-refractivity contribution in [2.75, 3.05) is 33.4 Å². The zero-order chi connectivity index (χ0) is 16.3. The zero-order valence-electron chi connectivity index (χ0n) is 14.4. The van der Waals surface area contributed by atoms with E-state index in [4.69, 9.17) is 9.15 Å². The van der Waals surface area contributed by atoms with Gasteiger partial charge in [-0.15, -0.1) is 30.6 Å². The number of ether oxygens (including phenoxy) is 1. The maximum absolute atomic E-state index is 5.32. The van der Waals surface area contributed by atoms with E-state index in [2.05, 4.69) is 36.1 Å². The molecule has 0 aliphatic heterocycles. The molecule has 0 saturated carbocycles. The molecule has 0 unspecified atom stereocenters. The Kier molecular flexibility index (Phi) is 11.9. The van der Waals surface area contributed by atoms with Crippen LogP contribution in [0.25, 0.3) is 0 Å². The first-order valence-electron chi connectivity index (χ1n) is 7.72.